The van der Waals surface area contributed by atoms with Crippen molar-refractivity contribution < 1.29 is 23.9 Å². The van der Waals surface area contributed by atoms with E-state index in [-0.39, 0.29) is 0 Å². The zero-order valence-electron chi connectivity index (χ0n) is 15.0. The van der Waals surface area contributed by atoms with Gasteiger partial charge >= 0.3 is 11.9 Å². The van der Waals surface area contributed by atoms with Crippen molar-refractivity contribution in [3.8, 4) is 0 Å². The van der Waals surface area contributed by atoms with Crippen LogP contribution in [0.4, 0.5) is 5.69 Å². The van der Waals surface area contributed by atoms with Gasteiger partial charge < -0.3 is 9.47 Å². The van der Waals surface area contributed by atoms with E-state index < -0.39 is 35.9 Å². The van der Waals surface area contributed by atoms with Crippen molar-refractivity contribution in [3.63, 3.8) is 0 Å². The molecule has 4 rings (SSSR count). The summed E-state index contributed by atoms with van der Waals surface area (Å²) in [6, 6.07) is 14.4. The van der Waals surface area contributed by atoms with Gasteiger partial charge in [0.15, 0.2) is 6.23 Å². The number of esters is 2. The van der Waals surface area contributed by atoms with Gasteiger partial charge in [-0.15, -0.1) is 0 Å². The van der Waals surface area contributed by atoms with Crippen molar-refractivity contribution in [2.45, 2.75) is 25.5 Å². The summed E-state index contributed by atoms with van der Waals surface area (Å²) in [4.78, 5) is 39.6. The molecule has 2 aromatic carbocycles. The third kappa shape index (κ3) is 2.77. The molecular formula is C21H19NO5. The highest BCUT2D eigenvalue weighted by atomic mass is 16.6. The second kappa shape index (κ2) is 6.54. The number of rotatable bonds is 2. The lowest BCUT2D eigenvalue weighted by Crippen LogP contribution is -2.57. The fourth-order valence-electron chi connectivity index (χ4n) is 3.87. The maximum Gasteiger partial charge on any atom is 0.342 e. The molecule has 0 aromatic heterocycles. The third-order valence-corrected chi connectivity index (χ3v) is 5.24. The molecular weight excluding hydrogens is 346 g/mol. The Bertz CT molecular complexity index is 920. The molecule has 1 amide bonds. The molecule has 1 fully saturated rings. The molecule has 2 heterocycles. The molecule has 1 saturated heterocycles. The lowest BCUT2D eigenvalue weighted by atomic mass is 9.78. The van der Waals surface area contributed by atoms with Crippen LogP contribution in [0.2, 0.25) is 0 Å². The molecule has 2 aliphatic rings. The Balaban J connectivity index is 1.80. The van der Waals surface area contributed by atoms with E-state index in [1.807, 2.05) is 31.2 Å². The number of piperidine rings is 1. The molecule has 0 aliphatic carbocycles. The fraction of sp³-hybridized carbons (Fsp3) is 0.286. The van der Waals surface area contributed by atoms with Crippen LogP contribution in [0.15, 0.2) is 48.5 Å². The summed E-state index contributed by atoms with van der Waals surface area (Å²) in [7, 11) is 1.28. The summed E-state index contributed by atoms with van der Waals surface area (Å²) in [5, 5.41) is 0. The van der Waals surface area contributed by atoms with E-state index in [2.05, 4.69) is 0 Å². The first-order valence-corrected chi connectivity index (χ1v) is 8.78. The molecule has 0 spiro atoms. The van der Waals surface area contributed by atoms with Gasteiger partial charge in [0.1, 0.15) is 5.92 Å². The van der Waals surface area contributed by atoms with Crippen LogP contribution in [0, 0.1) is 12.8 Å². The predicted octanol–water partition coefficient (Wildman–Crippen LogP) is 2.80. The van der Waals surface area contributed by atoms with Crippen LogP contribution in [0.5, 0.6) is 0 Å². The first-order valence-electron chi connectivity index (χ1n) is 8.78. The van der Waals surface area contributed by atoms with Crippen molar-refractivity contribution in [1.82, 2.24) is 0 Å². The number of carbonyl (C=O) groups excluding carboxylic acids is 3. The van der Waals surface area contributed by atoms with E-state index in [4.69, 9.17) is 9.47 Å². The number of carbonyl (C=O) groups is 3. The van der Waals surface area contributed by atoms with Gasteiger partial charge in [0.2, 0.25) is 5.91 Å². The number of hydrogen-bond donors (Lipinski definition) is 0. The quantitative estimate of drug-likeness (QED) is 0.604. The lowest BCUT2D eigenvalue weighted by molar-refractivity contribution is -0.153. The Hall–Kier alpha value is -3.15. The molecule has 2 aromatic rings. The van der Waals surface area contributed by atoms with Gasteiger partial charge in [-0.05, 0) is 24.6 Å². The normalized spacial score (nSPS) is 23.9. The van der Waals surface area contributed by atoms with Crippen LogP contribution in [0.1, 0.15) is 33.8 Å². The standard InChI is InChI=1S/C21H19NO5/c1-12-7-9-13(10-8-12)15-11-17-22(19(23)18(15)21(25)26-2)16-6-4-3-5-14(16)20(24)27-17/h3-10,15,17-18H,11H2,1-2H3/t15-,17+,18-/m1/s1. The summed E-state index contributed by atoms with van der Waals surface area (Å²) in [6.45, 7) is 1.97. The van der Waals surface area contributed by atoms with E-state index in [9.17, 15) is 14.4 Å². The Labute approximate surface area is 156 Å². The highest BCUT2D eigenvalue weighted by Gasteiger charge is 2.51. The van der Waals surface area contributed by atoms with E-state index >= 15 is 0 Å². The van der Waals surface area contributed by atoms with Crippen LogP contribution in [-0.4, -0.2) is 31.2 Å². The Morgan fingerprint density at radius 2 is 1.81 bits per heavy atom. The maximum atomic E-state index is 13.3. The Morgan fingerprint density at radius 1 is 1.11 bits per heavy atom. The number of para-hydroxylation sites is 1. The summed E-state index contributed by atoms with van der Waals surface area (Å²) >= 11 is 0. The second-order valence-electron chi connectivity index (χ2n) is 6.84. The molecule has 0 N–H and O–H groups in total. The summed E-state index contributed by atoms with van der Waals surface area (Å²) in [5.74, 6) is -2.87. The second-order valence-corrected chi connectivity index (χ2v) is 6.84. The van der Waals surface area contributed by atoms with Gasteiger partial charge in [0.25, 0.3) is 0 Å². The van der Waals surface area contributed by atoms with E-state index in [0.29, 0.717) is 17.7 Å². The van der Waals surface area contributed by atoms with Crippen LogP contribution in [0.3, 0.4) is 0 Å². The van der Waals surface area contributed by atoms with Gasteiger partial charge in [-0.25, -0.2) is 4.79 Å². The van der Waals surface area contributed by atoms with Crippen molar-refractivity contribution in [3.05, 3.63) is 65.2 Å². The van der Waals surface area contributed by atoms with Crippen LogP contribution < -0.4 is 4.90 Å². The predicted molar refractivity (Wildman–Crippen MR) is 97.2 cm³/mol. The molecule has 6 heteroatoms. The van der Waals surface area contributed by atoms with Gasteiger partial charge in [-0.2, -0.15) is 0 Å². The number of ether oxygens (including phenoxy) is 2. The summed E-state index contributed by atoms with van der Waals surface area (Å²) < 4.78 is 10.5. The smallest absolute Gasteiger partial charge is 0.342 e. The zero-order valence-corrected chi connectivity index (χ0v) is 15.0. The average molecular weight is 365 g/mol. The Kier molecular flexibility index (Phi) is 4.18. The van der Waals surface area contributed by atoms with E-state index in [0.717, 1.165) is 11.1 Å². The minimum atomic E-state index is -0.987. The monoisotopic (exact) mass is 365 g/mol. The van der Waals surface area contributed by atoms with Gasteiger partial charge in [0.05, 0.1) is 18.4 Å². The molecule has 0 unspecified atom stereocenters. The topological polar surface area (TPSA) is 72.9 Å². The van der Waals surface area contributed by atoms with Crippen molar-refractivity contribution in [2.24, 2.45) is 5.92 Å². The SMILES string of the molecule is COC(=O)[C@H]1C(=O)N2c3ccccc3C(=O)O[C@H]2C[C@@H]1c1ccc(C)cc1. The number of fused-ring (bicyclic) bond motifs is 3. The first-order chi connectivity index (χ1) is 13.0. The average Bonchev–Trinajstić information content (AvgIpc) is 2.68. The number of hydrogen-bond acceptors (Lipinski definition) is 5. The van der Waals surface area contributed by atoms with Crippen LogP contribution in [0.25, 0.3) is 0 Å². The molecule has 27 heavy (non-hydrogen) atoms. The number of aryl methyl sites for hydroxylation is 1. The number of nitrogens with zero attached hydrogens (tertiary/aromatic N) is 1. The van der Waals surface area contributed by atoms with Crippen molar-refractivity contribution >= 4 is 23.5 Å². The molecule has 0 saturated carbocycles. The maximum absolute atomic E-state index is 13.3. The van der Waals surface area contributed by atoms with E-state index in [1.54, 1.807) is 24.3 Å². The minimum Gasteiger partial charge on any atom is -0.468 e. The highest BCUT2D eigenvalue weighted by Crippen LogP contribution is 2.43. The summed E-state index contributed by atoms with van der Waals surface area (Å²) in [6.07, 6.45) is -0.415. The third-order valence-electron chi connectivity index (χ3n) is 5.24. The van der Waals surface area contributed by atoms with E-state index in [1.165, 1.54) is 12.0 Å². The number of methoxy groups -OCH3 is 1. The van der Waals surface area contributed by atoms with Gasteiger partial charge in [-0.1, -0.05) is 42.0 Å². The molecule has 0 radical (unpaired) electrons. The highest BCUT2D eigenvalue weighted by molar-refractivity contribution is 6.12. The van der Waals surface area contributed by atoms with Crippen molar-refractivity contribution in [2.75, 3.05) is 12.0 Å². The van der Waals surface area contributed by atoms with Crippen LogP contribution >= 0.6 is 0 Å². The van der Waals surface area contributed by atoms with Crippen molar-refractivity contribution in [1.29, 1.82) is 0 Å². The summed E-state index contributed by atoms with van der Waals surface area (Å²) in [5.41, 5.74) is 2.72. The first kappa shape index (κ1) is 17.3. The molecule has 3 atom stereocenters. The number of benzene rings is 2. The minimum absolute atomic E-state index is 0.319. The zero-order chi connectivity index (χ0) is 19.1. The lowest BCUT2D eigenvalue weighted by Gasteiger charge is -2.44. The van der Waals surface area contributed by atoms with Gasteiger partial charge in [0, 0.05) is 12.3 Å². The largest absolute Gasteiger partial charge is 0.468 e. The molecule has 2 aliphatic heterocycles. The number of anilines is 1. The molecule has 138 valence electrons. The van der Waals surface area contributed by atoms with Crippen LogP contribution in [-0.2, 0) is 19.1 Å². The number of amides is 1. The molecule has 0 bridgehead atoms. The molecule has 6 nitrogen and oxygen atoms in total. The Morgan fingerprint density at radius 3 is 2.52 bits per heavy atom. The van der Waals surface area contributed by atoms with Gasteiger partial charge in [-0.3, -0.25) is 14.5 Å². The fourth-order valence-corrected chi connectivity index (χ4v) is 3.87.